The molecule has 2 fully saturated rings. The molecule has 1 saturated heterocycles. The Balaban J connectivity index is 1.41. The molecule has 1 aliphatic carbocycles. The average molecular weight is 510 g/mol. The Morgan fingerprint density at radius 2 is 1.97 bits per heavy atom. The van der Waals surface area contributed by atoms with Crippen molar-refractivity contribution in [1.29, 1.82) is 0 Å². The summed E-state index contributed by atoms with van der Waals surface area (Å²) in [4.78, 5) is 28.9. The smallest absolute Gasteiger partial charge is 0.388 e. The number of likely N-dealkylation sites (tertiary alicyclic amines) is 1. The van der Waals surface area contributed by atoms with E-state index in [1.54, 1.807) is 18.3 Å². The highest BCUT2D eigenvalue weighted by Crippen LogP contribution is 2.36. The largest absolute Gasteiger partial charge is 0.417 e. The average Bonchev–Trinajstić information content (AvgIpc) is 3.55. The van der Waals surface area contributed by atoms with Crippen molar-refractivity contribution in [3.63, 3.8) is 0 Å². The summed E-state index contributed by atoms with van der Waals surface area (Å²) in [5, 5.41) is 0.809. The number of carbonyl (C=O) groups is 1. The van der Waals surface area contributed by atoms with Gasteiger partial charge in [-0.1, -0.05) is 0 Å². The van der Waals surface area contributed by atoms with E-state index >= 15 is 0 Å². The van der Waals surface area contributed by atoms with Crippen LogP contribution >= 0.6 is 0 Å². The lowest BCUT2D eigenvalue weighted by Gasteiger charge is -2.36. The van der Waals surface area contributed by atoms with Gasteiger partial charge < -0.3 is 24.5 Å². The minimum atomic E-state index is -2.94. The lowest BCUT2D eigenvalue weighted by Crippen LogP contribution is -2.50. The first-order valence-electron chi connectivity index (χ1n) is 12.6. The Bertz CT molecular complexity index is 1490. The lowest BCUT2D eigenvalue weighted by atomic mass is 9.99. The fourth-order valence-electron chi connectivity index (χ4n) is 5.20. The maximum absolute atomic E-state index is 13.3. The minimum Gasteiger partial charge on any atom is -0.417 e. The molecule has 5 heterocycles. The molecular formula is C26H29F2N7O2. The fourth-order valence-corrected chi connectivity index (χ4v) is 5.20. The normalized spacial score (nSPS) is 20.3. The number of imidazole rings is 1. The monoisotopic (exact) mass is 509 g/mol. The first kappa shape index (κ1) is 23.8. The van der Waals surface area contributed by atoms with Crippen LogP contribution in [-0.2, 0) is 13.6 Å². The fraction of sp³-hybridized carbons (Fsp3) is 0.462. The highest BCUT2D eigenvalue weighted by atomic mass is 19.3. The SMILES string of the molecule is C[C@H]1CC[C@@H](N)CN1C(=O)c1cnc2c(c1)nc(-c1cc3ccc(OC(F)F)nc3n1CC1CC1)n2C. The molecule has 0 aromatic carbocycles. The van der Waals surface area contributed by atoms with Crippen LogP contribution in [0.2, 0.25) is 0 Å². The van der Waals surface area contributed by atoms with Gasteiger partial charge in [-0.15, -0.1) is 0 Å². The number of halogens is 2. The summed E-state index contributed by atoms with van der Waals surface area (Å²) < 4.78 is 34.1. The third-order valence-corrected chi connectivity index (χ3v) is 7.43. The van der Waals surface area contributed by atoms with Crippen LogP contribution in [0.5, 0.6) is 5.88 Å². The molecule has 37 heavy (non-hydrogen) atoms. The Hall–Kier alpha value is -3.60. The summed E-state index contributed by atoms with van der Waals surface area (Å²) in [5.41, 5.74) is 9.24. The molecule has 11 heteroatoms. The number of nitrogens with two attached hydrogens (primary N) is 1. The van der Waals surface area contributed by atoms with E-state index in [0.29, 0.717) is 47.2 Å². The van der Waals surface area contributed by atoms with Gasteiger partial charge in [-0.25, -0.2) is 9.97 Å². The van der Waals surface area contributed by atoms with Gasteiger partial charge in [-0.2, -0.15) is 13.8 Å². The van der Waals surface area contributed by atoms with Crippen LogP contribution in [0.3, 0.4) is 0 Å². The van der Waals surface area contributed by atoms with E-state index in [1.165, 1.54) is 6.07 Å². The van der Waals surface area contributed by atoms with E-state index in [1.807, 2.05) is 34.1 Å². The number of ether oxygens (including phenoxy) is 1. The number of hydrogen-bond donors (Lipinski definition) is 1. The molecule has 2 atom stereocenters. The van der Waals surface area contributed by atoms with Crippen molar-refractivity contribution < 1.29 is 18.3 Å². The van der Waals surface area contributed by atoms with E-state index in [0.717, 1.165) is 36.8 Å². The third kappa shape index (κ3) is 4.41. The highest BCUT2D eigenvalue weighted by Gasteiger charge is 2.29. The van der Waals surface area contributed by atoms with Gasteiger partial charge in [0.2, 0.25) is 5.88 Å². The van der Waals surface area contributed by atoms with Crippen molar-refractivity contribution >= 4 is 28.1 Å². The van der Waals surface area contributed by atoms with E-state index in [4.69, 9.17) is 10.7 Å². The van der Waals surface area contributed by atoms with Crippen LogP contribution in [0.4, 0.5) is 8.78 Å². The molecule has 1 saturated carbocycles. The maximum Gasteiger partial charge on any atom is 0.388 e. The molecule has 0 unspecified atom stereocenters. The van der Waals surface area contributed by atoms with Gasteiger partial charge in [-0.05, 0) is 56.7 Å². The second-order valence-corrected chi connectivity index (χ2v) is 10.2. The topological polar surface area (TPSA) is 104 Å². The van der Waals surface area contributed by atoms with E-state index in [9.17, 15) is 13.6 Å². The molecule has 4 aromatic rings. The Morgan fingerprint density at radius 1 is 1.16 bits per heavy atom. The molecule has 2 aliphatic rings. The number of aryl methyl sites for hydroxylation is 1. The number of fused-ring (bicyclic) bond motifs is 2. The molecule has 0 bridgehead atoms. The zero-order valence-corrected chi connectivity index (χ0v) is 20.8. The van der Waals surface area contributed by atoms with Crippen molar-refractivity contribution in [2.45, 2.75) is 57.8 Å². The number of pyridine rings is 2. The molecule has 9 nitrogen and oxygen atoms in total. The predicted octanol–water partition coefficient (Wildman–Crippen LogP) is 3.95. The van der Waals surface area contributed by atoms with Gasteiger partial charge in [0.1, 0.15) is 11.2 Å². The molecule has 4 aromatic heterocycles. The molecule has 1 amide bonds. The van der Waals surface area contributed by atoms with Crippen LogP contribution in [0.25, 0.3) is 33.7 Å². The first-order valence-corrected chi connectivity index (χ1v) is 12.6. The van der Waals surface area contributed by atoms with E-state index < -0.39 is 6.61 Å². The first-order chi connectivity index (χ1) is 17.8. The van der Waals surface area contributed by atoms with Crippen LogP contribution in [0.15, 0.2) is 30.5 Å². The summed E-state index contributed by atoms with van der Waals surface area (Å²) >= 11 is 0. The number of nitrogens with zero attached hydrogens (tertiary/aromatic N) is 6. The van der Waals surface area contributed by atoms with Crippen molar-refractivity contribution in [1.82, 2.24) is 29.0 Å². The van der Waals surface area contributed by atoms with E-state index in [2.05, 4.69) is 14.7 Å². The van der Waals surface area contributed by atoms with Gasteiger partial charge in [0, 0.05) is 49.9 Å². The number of amides is 1. The van der Waals surface area contributed by atoms with Crippen LogP contribution in [-0.4, -0.2) is 60.1 Å². The number of hydrogen-bond acceptors (Lipinski definition) is 6. The molecule has 2 N–H and O–H groups in total. The number of alkyl halides is 2. The highest BCUT2D eigenvalue weighted by molar-refractivity contribution is 5.97. The number of aromatic nitrogens is 5. The Kier molecular flexibility index (Phi) is 5.82. The zero-order chi connectivity index (χ0) is 25.8. The Labute approximate surface area is 212 Å². The molecular weight excluding hydrogens is 480 g/mol. The lowest BCUT2D eigenvalue weighted by molar-refractivity contribution is -0.0526. The third-order valence-electron chi connectivity index (χ3n) is 7.43. The predicted molar refractivity (Wildman–Crippen MR) is 134 cm³/mol. The van der Waals surface area contributed by atoms with Gasteiger partial charge in [0.25, 0.3) is 5.91 Å². The second-order valence-electron chi connectivity index (χ2n) is 10.2. The van der Waals surface area contributed by atoms with Crippen LogP contribution < -0.4 is 10.5 Å². The number of carbonyl (C=O) groups excluding carboxylic acids is 1. The van der Waals surface area contributed by atoms with Gasteiger partial charge in [0.05, 0.1) is 11.3 Å². The standard InChI is InChI=1S/C26H29F2N7O2/c1-14-3-7-18(29)13-34(14)25(36)17-9-19-23(30-11-17)33(2)24(31-19)20-10-16-6-8-21(37-26(27)28)32-22(16)35(20)12-15-4-5-15/h6,8-11,14-15,18,26H,3-5,7,12-13,29H2,1-2H3/t14-,18+/m0/s1. The maximum atomic E-state index is 13.3. The molecule has 6 rings (SSSR count). The summed E-state index contributed by atoms with van der Waals surface area (Å²) in [6.07, 6.45) is 5.60. The summed E-state index contributed by atoms with van der Waals surface area (Å²) in [7, 11) is 1.88. The van der Waals surface area contributed by atoms with Crippen molar-refractivity contribution in [2.75, 3.05) is 6.54 Å². The molecule has 0 radical (unpaired) electrons. The summed E-state index contributed by atoms with van der Waals surface area (Å²) in [6.45, 7) is 0.330. The zero-order valence-electron chi connectivity index (χ0n) is 20.8. The van der Waals surface area contributed by atoms with Gasteiger partial charge in [0.15, 0.2) is 11.5 Å². The van der Waals surface area contributed by atoms with Crippen LogP contribution in [0.1, 0.15) is 43.0 Å². The van der Waals surface area contributed by atoms with Crippen LogP contribution in [0, 0.1) is 5.92 Å². The molecule has 1 aliphatic heterocycles. The molecule has 0 spiro atoms. The summed E-state index contributed by atoms with van der Waals surface area (Å²) in [6, 6.07) is 7.01. The van der Waals surface area contributed by atoms with Crippen molar-refractivity contribution in [2.24, 2.45) is 18.7 Å². The van der Waals surface area contributed by atoms with Crippen molar-refractivity contribution in [3.8, 4) is 17.4 Å². The minimum absolute atomic E-state index is 0.0214. The number of rotatable bonds is 6. The second kappa shape index (κ2) is 9.05. The quantitative estimate of drug-likeness (QED) is 0.422. The Morgan fingerprint density at radius 3 is 2.73 bits per heavy atom. The van der Waals surface area contributed by atoms with Crippen molar-refractivity contribution in [3.05, 3.63) is 36.0 Å². The number of piperidine rings is 1. The van der Waals surface area contributed by atoms with E-state index in [-0.39, 0.29) is 23.9 Å². The summed E-state index contributed by atoms with van der Waals surface area (Å²) in [5.74, 6) is 0.953. The molecule has 194 valence electrons. The van der Waals surface area contributed by atoms with Gasteiger partial charge >= 0.3 is 6.61 Å². The van der Waals surface area contributed by atoms with Gasteiger partial charge in [-0.3, -0.25) is 4.79 Å².